The van der Waals surface area contributed by atoms with Gasteiger partial charge in [-0.1, -0.05) is 20.8 Å². The summed E-state index contributed by atoms with van der Waals surface area (Å²) in [5.41, 5.74) is 2.36. The lowest BCUT2D eigenvalue weighted by Crippen LogP contribution is -2.10. The van der Waals surface area contributed by atoms with Gasteiger partial charge in [0.25, 0.3) is 0 Å². The Morgan fingerprint density at radius 1 is 1.07 bits per heavy atom. The SMILES string of the molecule is CCCNc1nc(CC)nc(C)c1CC. The molecule has 0 atom stereocenters. The van der Waals surface area contributed by atoms with Crippen LogP contribution < -0.4 is 5.32 Å². The maximum Gasteiger partial charge on any atom is 0.133 e. The van der Waals surface area contributed by atoms with Crippen molar-refractivity contribution in [2.45, 2.75) is 47.0 Å². The molecule has 0 spiro atoms. The molecule has 3 nitrogen and oxygen atoms in total. The fourth-order valence-electron chi connectivity index (χ4n) is 1.62. The van der Waals surface area contributed by atoms with E-state index < -0.39 is 0 Å². The quantitative estimate of drug-likeness (QED) is 0.806. The highest BCUT2D eigenvalue weighted by Gasteiger charge is 2.08. The second-order valence-corrected chi connectivity index (χ2v) is 3.69. The lowest BCUT2D eigenvalue weighted by Gasteiger charge is -2.12. The minimum Gasteiger partial charge on any atom is -0.370 e. The van der Waals surface area contributed by atoms with Gasteiger partial charge in [0.1, 0.15) is 11.6 Å². The monoisotopic (exact) mass is 207 g/mol. The van der Waals surface area contributed by atoms with Crippen LogP contribution >= 0.6 is 0 Å². The summed E-state index contributed by atoms with van der Waals surface area (Å²) >= 11 is 0. The standard InChI is InChI=1S/C12H21N3/c1-5-8-13-12-10(6-2)9(4)14-11(7-3)15-12/h5-8H2,1-4H3,(H,13,14,15). The molecule has 1 aromatic heterocycles. The Hall–Kier alpha value is -1.12. The first-order valence-corrected chi connectivity index (χ1v) is 5.83. The summed E-state index contributed by atoms with van der Waals surface area (Å²) in [5, 5.41) is 3.38. The molecule has 1 heterocycles. The van der Waals surface area contributed by atoms with Gasteiger partial charge in [-0.25, -0.2) is 9.97 Å². The van der Waals surface area contributed by atoms with E-state index in [1.54, 1.807) is 0 Å². The fraction of sp³-hybridized carbons (Fsp3) is 0.667. The van der Waals surface area contributed by atoms with E-state index in [-0.39, 0.29) is 0 Å². The Balaban J connectivity index is 3.02. The van der Waals surface area contributed by atoms with E-state index >= 15 is 0 Å². The summed E-state index contributed by atoms with van der Waals surface area (Å²) in [6.07, 6.45) is 3.00. The largest absolute Gasteiger partial charge is 0.370 e. The average molecular weight is 207 g/mol. The summed E-state index contributed by atoms with van der Waals surface area (Å²) in [6, 6.07) is 0. The molecule has 1 aromatic rings. The maximum atomic E-state index is 4.54. The van der Waals surface area contributed by atoms with Crippen LogP contribution in [0.3, 0.4) is 0 Å². The molecule has 0 saturated heterocycles. The Kier molecular flexibility index (Phi) is 4.53. The third-order valence-electron chi connectivity index (χ3n) is 2.47. The summed E-state index contributed by atoms with van der Waals surface area (Å²) in [4.78, 5) is 9.02. The molecule has 1 rings (SSSR count). The van der Waals surface area contributed by atoms with Gasteiger partial charge in [-0.3, -0.25) is 0 Å². The number of nitrogens with one attached hydrogen (secondary N) is 1. The lowest BCUT2D eigenvalue weighted by molar-refractivity contribution is 0.873. The molecule has 0 unspecified atom stereocenters. The third kappa shape index (κ3) is 2.91. The molecule has 0 saturated carbocycles. The molecule has 0 aliphatic rings. The molecule has 0 aliphatic heterocycles. The van der Waals surface area contributed by atoms with Crippen LogP contribution in [0.5, 0.6) is 0 Å². The van der Waals surface area contributed by atoms with Gasteiger partial charge in [0, 0.05) is 24.2 Å². The Bertz CT molecular complexity index is 321. The smallest absolute Gasteiger partial charge is 0.133 e. The van der Waals surface area contributed by atoms with Crippen molar-refractivity contribution in [3.8, 4) is 0 Å². The molecule has 84 valence electrons. The van der Waals surface area contributed by atoms with Crippen molar-refractivity contribution in [1.29, 1.82) is 0 Å². The zero-order chi connectivity index (χ0) is 11.3. The Morgan fingerprint density at radius 2 is 1.80 bits per heavy atom. The Labute approximate surface area is 92.3 Å². The number of aryl methyl sites for hydroxylation is 2. The molecule has 0 radical (unpaired) electrons. The predicted octanol–water partition coefficient (Wildman–Crippen LogP) is 2.73. The first kappa shape index (κ1) is 12.0. The first-order chi connectivity index (χ1) is 7.22. The van der Waals surface area contributed by atoms with Crippen molar-refractivity contribution >= 4 is 5.82 Å². The Morgan fingerprint density at radius 3 is 2.33 bits per heavy atom. The van der Waals surface area contributed by atoms with Gasteiger partial charge in [0.05, 0.1) is 0 Å². The molecule has 0 amide bonds. The normalized spacial score (nSPS) is 10.4. The molecule has 0 fully saturated rings. The number of rotatable bonds is 5. The predicted molar refractivity (Wildman–Crippen MR) is 64.3 cm³/mol. The van der Waals surface area contributed by atoms with Gasteiger partial charge >= 0.3 is 0 Å². The number of hydrogen-bond acceptors (Lipinski definition) is 3. The second kappa shape index (κ2) is 5.69. The highest BCUT2D eigenvalue weighted by atomic mass is 15.0. The topological polar surface area (TPSA) is 37.8 Å². The van der Waals surface area contributed by atoms with Gasteiger partial charge in [-0.2, -0.15) is 0 Å². The zero-order valence-corrected chi connectivity index (χ0v) is 10.2. The van der Waals surface area contributed by atoms with Crippen molar-refractivity contribution in [2.75, 3.05) is 11.9 Å². The molecule has 3 heteroatoms. The van der Waals surface area contributed by atoms with Gasteiger partial charge in [0.15, 0.2) is 0 Å². The van der Waals surface area contributed by atoms with E-state index in [4.69, 9.17) is 0 Å². The van der Waals surface area contributed by atoms with E-state index in [0.717, 1.165) is 43.1 Å². The zero-order valence-electron chi connectivity index (χ0n) is 10.2. The van der Waals surface area contributed by atoms with Crippen LogP contribution in [0.4, 0.5) is 5.82 Å². The number of anilines is 1. The van der Waals surface area contributed by atoms with Gasteiger partial charge in [0.2, 0.25) is 0 Å². The van der Waals surface area contributed by atoms with Gasteiger partial charge < -0.3 is 5.32 Å². The maximum absolute atomic E-state index is 4.54. The van der Waals surface area contributed by atoms with Crippen LogP contribution in [0.25, 0.3) is 0 Å². The van der Waals surface area contributed by atoms with Crippen molar-refractivity contribution in [2.24, 2.45) is 0 Å². The molecule has 0 aromatic carbocycles. The molecular formula is C12H21N3. The van der Waals surface area contributed by atoms with Crippen molar-refractivity contribution in [3.05, 3.63) is 17.1 Å². The highest BCUT2D eigenvalue weighted by molar-refractivity contribution is 5.46. The average Bonchev–Trinajstić information content (AvgIpc) is 2.25. The summed E-state index contributed by atoms with van der Waals surface area (Å²) in [5.74, 6) is 1.96. The van der Waals surface area contributed by atoms with Crippen LogP contribution in [-0.4, -0.2) is 16.5 Å². The van der Waals surface area contributed by atoms with Crippen LogP contribution in [0.15, 0.2) is 0 Å². The number of hydrogen-bond donors (Lipinski definition) is 1. The number of nitrogens with zero attached hydrogens (tertiary/aromatic N) is 2. The minimum absolute atomic E-state index is 0.894. The van der Waals surface area contributed by atoms with Crippen LogP contribution in [0.2, 0.25) is 0 Å². The summed E-state index contributed by atoms with van der Waals surface area (Å²) < 4.78 is 0. The van der Waals surface area contributed by atoms with Crippen molar-refractivity contribution < 1.29 is 0 Å². The lowest BCUT2D eigenvalue weighted by atomic mass is 10.1. The summed E-state index contributed by atoms with van der Waals surface area (Å²) in [6.45, 7) is 9.44. The summed E-state index contributed by atoms with van der Waals surface area (Å²) in [7, 11) is 0. The van der Waals surface area contributed by atoms with E-state index in [0.29, 0.717) is 0 Å². The van der Waals surface area contributed by atoms with Crippen molar-refractivity contribution in [1.82, 2.24) is 9.97 Å². The van der Waals surface area contributed by atoms with Crippen molar-refractivity contribution in [3.63, 3.8) is 0 Å². The van der Waals surface area contributed by atoms with Crippen LogP contribution in [-0.2, 0) is 12.8 Å². The molecule has 15 heavy (non-hydrogen) atoms. The molecular weight excluding hydrogens is 186 g/mol. The van der Waals surface area contributed by atoms with E-state index in [2.05, 4.69) is 43.0 Å². The van der Waals surface area contributed by atoms with Crippen LogP contribution in [0.1, 0.15) is 44.3 Å². The fourth-order valence-corrected chi connectivity index (χ4v) is 1.62. The first-order valence-electron chi connectivity index (χ1n) is 5.83. The van der Waals surface area contributed by atoms with Gasteiger partial charge in [-0.05, 0) is 19.8 Å². The molecule has 0 aliphatic carbocycles. The molecule has 0 bridgehead atoms. The number of aromatic nitrogens is 2. The second-order valence-electron chi connectivity index (χ2n) is 3.69. The minimum atomic E-state index is 0.894. The third-order valence-corrected chi connectivity index (χ3v) is 2.47. The van der Waals surface area contributed by atoms with Gasteiger partial charge in [-0.15, -0.1) is 0 Å². The van der Waals surface area contributed by atoms with E-state index in [1.165, 1.54) is 5.56 Å². The van der Waals surface area contributed by atoms with Crippen LogP contribution in [0, 0.1) is 6.92 Å². The van der Waals surface area contributed by atoms with E-state index in [9.17, 15) is 0 Å². The highest BCUT2D eigenvalue weighted by Crippen LogP contribution is 2.17. The molecule has 1 N–H and O–H groups in total. The van der Waals surface area contributed by atoms with E-state index in [1.807, 2.05) is 0 Å².